The molecule has 0 atom stereocenters. The van der Waals surface area contributed by atoms with Crippen LogP contribution in [0, 0.1) is 0 Å². The normalized spacial score (nSPS) is 10.3. The second-order valence-electron chi connectivity index (χ2n) is 4.67. The van der Waals surface area contributed by atoms with Crippen molar-refractivity contribution in [2.24, 2.45) is 0 Å². The van der Waals surface area contributed by atoms with E-state index in [1.807, 2.05) is 43.3 Å². The van der Waals surface area contributed by atoms with Crippen molar-refractivity contribution in [2.45, 2.75) is 6.92 Å². The highest BCUT2D eigenvalue weighted by Gasteiger charge is 2.00. The summed E-state index contributed by atoms with van der Waals surface area (Å²) in [6.07, 6.45) is 3.37. The zero-order chi connectivity index (χ0) is 16.5. The van der Waals surface area contributed by atoms with Gasteiger partial charge >= 0.3 is 6.03 Å². The predicted octanol–water partition coefficient (Wildman–Crippen LogP) is 3.89. The van der Waals surface area contributed by atoms with Gasteiger partial charge < -0.3 is 20.1 Å². The van der Waals surface area contributed by atoms with Crippen molar-refractivity contribution in [1.29, 1.82) is 0 Å². The van der Waals surface area contributed by atoms with Gasteiger partial charge in [-0.25, -0.2) is 4.79 Å². The number of hydrogen-bond donors (Lipinski definition) is 2. The minimum atomic E-state index is -0.312. The Morgan fingerprint density at radius 3 is 2.61 bits per heavy atom. The molecule has 0 aliphatic rings. The van der Waals surface area contributed by atoms with Gasteiger partial charge in [-0.05, 0) is 55.0 Å². The molecule has 0 heterocycles. The molecule has 23 heavy (non-hydrogen) atoms. The Morgan fingerprint density at radius 1 is 1.13 bits per heavy atom. The van der Waals surface area contributed by atoms with Gasteiger partial charge in [0.1, 0.15) is 11.5 Å². The molecule has 0 saturated carbocycles. The maximum Gasteiger partial charge on any atom is 0.323 e. The van der Waals surface area contributed by atoms with Gasteiger partial charge in [-0.2, -0.15) is 0 Å². The molecule has 2 rings (SSSR count). The molecule has 5 nitrogen and oxygen atoms in total. The largest absolute Gasteiger partial charge is 0.497 e. The van der Waals surface area contributed by atoms with Crippen LogP contribution in [0.1, 0.15) is 12.5 Å². The molecule has 2 amide bonds. The first-order chi connectivity index (χ1) is 11.2. The third-order valence-corrected chi connectivity index (χ3v) is 3.01. The minimum absolute atomic E-state index is 0.312. The lowest BCUT2D eigenvalue weighted by atomic mass is 10.2. The summed E-state index contributed by atoms with van der Waals surface area (Å²) in [6, 6.07) is 14.4. The summed E-state index contributed by atoms with van der Waals surface area (Å²) < 4.78 is 10.5. The molecule has 0 aliphatic carbocycles. The van der Waals surface area contributed by atoms with Crippen LogP contribution in [0.2, 0.25) is 0 Å². The highest BCUT2D eigenvalue weighted by molar-refractivity contribution is 5.90. The van der Waals surface area contributed by atoms with E-state index in [0.29, 0.717) is 12.3 Å². The lowest BCUT2D eigenvalue weighted by Gasteiger charge is -2.06. The van der Waals surface area contributed by atoms with Gasteiger partial charge in [-0.3, -0.25) is 0 Å². The SMILES string of the molecule is CCOc1ccc(NC(=O)N/C=C/c2cccc(OC)c2)cc1. The van der Waals surface area contributed by atoms with Crippen LogP contribution in [0.3, 0.4) is 0 Å². The minimum Gasteiger partial charge on any atom is -0.497 e. The summed E-state index contributed by atoms with van der Waals surface area (Å²) in [5.74, 6) is 1.54. The molecule has 0 aromatic heterocycles. The zero-order valence-electron chi connectivity index (χ0n) is 13.2. The maximum atomic E-state index is 11.8. The molecule has 0 fully saturated rings. The second-order valence-corrected chi connectivity index (χ2v) is 4.67. The fraction of sp³-hybridized carbons (Fsp3) is 0.167. The molecule has 2 aromatic rings. The Bertz CT molecular complexity index is 666. The lowest BCUT2D eigenvalue weighted by Crippen LogP contribution is -2.23. The number of carbonyl (C=O) groups excluding carboxylic acids is 1. The number of hydrogen-bond acceptors (Lipinski definition) is 3. The summed E-state index contributed by atoms with van der Waals surface area (Å²) in [5.41, 5.74) is 1.63. The predicted molar refractivity (Wildman–Crippen MR) is 91.8 cm³/mol. The van der Waals surface area contributed by atoms with Crippen LogP contribution in [-0.2, 0) is 0 Å². The Balaban J connectivity index is 1.85. The number of anilines is 1. The number of amides is 2. The molecule has 0 spiro atoms. The molecule has 0 radical (unpaired) electrons. The third-order valence-electron chi connectivity index (χ3n) is 3.01. The lowest BCUT2D eigenvalue weighted by molar-refractivity contribution is 0.255. The van der Waals surface area contributed by atoms with E-state index >= 15 is 0 Å². The monoisotopic (exact) mass is 312 g/mol. The highest BCUT2D eigenvalue weighted by Crippen LogP contribution is 2.15. The molecular weight excluding hydrogens is 292 g/mol. The van der Waals surface area contributed by atoms with E-state index in [-0.39, 0.29) is 6.03 Å². The van der Waals surface area contributed by atoms with Gasteiger partial charge in [0.25, 0.3) is 0 Å². The molecule has 0 unspecified atom stereocenters. The molecule has 2 N–H and O–H groups in total. The Kier molecular flexibility index (Phi) is 6.06. The van der Waals surface area contributed by atoms with Gasteiger partial charge in [-0.1, -0.05) is 12.1 Å². The van der Waals surface area contributed by atoms with Crippen LogP contribution in [0.25, 0.3) is 6.08 Å². The van der Waals surface area contributed by atoms with Crippen LogP contribution in [-0.4, -0.2) is 19.7 Å². The molecule has 0 aliphatic heterocycles. The first-order valence-corrected chi connectivity index (χ1v) is 7.32. The highest BCUT2D eigenvalue weighted by atomic mass is 16.5. The number of rotatable bonds is 6. The standard InChI is InChI=1S/C18H20N2O3/c1-3-23-16-9-7-15(8-10-16)20-18(21)19-12-11-14-5-4-6-17(13-14)22-2/h4-13H,3H2,1-2H3,(H2,19,20,21)/b12-11+. The first kappa shape index (κ1) is 16.4. The Hall–Kier alpha value is -2.95. The number of ether oxygens (including phenoxy) is 2. The fourth-order valence-corrected chi connectivity index (χ4v) is 1.93. The Morgan fingerprint density at radius 2 is 1.91 bits per heavy atom. The van der Waals surface area contributed by atoms with Crippen molar-refractivity contribution in [3.05, 3.63) is 60.3 Å². The van der Waals surface area contributed by atoms with E-state index in [2.05, 4.69) is 10.6 Å². The smallest absolute Gasteiger partial charge is 0.323 e. The van der Waals surface area contributed by atoms with Crippen molar-refractivity contribution in [2.75, 3.05) is 19.0 Å². The number of benzene rings is 2. The summed E-state index contributed by atoms with van der Waals surface area (Å²) in [4.78, 5) is 11.8. The third kappa shape index (κ3) is 5.39. The summed E-state index contributed by atoms with van der Waals surface area (Å²) >= 11 is 0. The van der Waals surface area contributed by atoms with E-state index in [9.17, 15) is 4.79 Å². The van der Waals surface area contributed by atoms with Crippen LogP contribution in [0.4, 0.5) is 10.5 Å². The van der Waals surface area contributed by atoms with Gasteiger partial charge in [0.2, 0.25) is 0 Å². The number of urea groups is 1. The molecule has 0 bridgehead atoms. The Labute approximate surface area is 135 Å². The number of nitrogens with one attached hydrogen (secondary N) is 2. The number of methoxy groups -OCH3 is 1. The topological polar surface area (TPSA) is 59.6 Å². The molecule has 120 valence electrons. The van der Waals surface area contributed by atoms with Crippen molar-refractivity contribution in [3.63, 3.8) is 0 Å². The van der Waals surface area contributed by atoms with Gasteiger partial charge in [0.05, 0.1) is 13.7 Å². The van der Waals surface area contributed by atoms with E-state index in [0.717, 1.165) is 17.1 Å². The van der Waals surface area contributed by atoms with E-state index in [4.69, 9.17) is 9.47 Å². The van der Waals surface area contributed by atoms with Crippen molar-refractivity contribution in [1.82, 2.24) is 5.32 Å². The summed E-state index contributed by atoms with van der Waals surface area (Å²) in [6.45, 7) is 2.54. The average Bonchev–Trinajstić information content (AvgIpc) is 2.57. The van der Waals surface area contributed by atoms with Gasteiger partial charge in [0.15, 0.2) is 0 Å². The quantitative estimate of drug-likeness (QED) is 0.851. The van der Waals surface area contributed by atoms with E-state index in [1.165, 1.54) is 0 Å². The molecule has 0 saturated heterocycles. The van der Waals surface area contributed by atoms with Gasteiger partial charge in [-0.15, -0.1) is 0 Å². The fourth-order valence-electron chi connectivity index (χ4n) is 1.93. The molecular formula is C18H20N2O3. The van der Waals surface area contributed by atoms with Gasteiger partial charge in [0, 0.05) is 11.9 Å². The molecule has 5 heteroatoms. The maximum absolute atomic E-state index is 11.8. The zero-order valence-corrected chi connectivity index (χ0v) is 13.2. The van der Waals surface area contributed by atoms with Crippen molar-refractivity contribution >= 4 is 17.8 Å². The van der Waals surface area contributed by atoms with Crippen molar-refractivity contribution in [3.8, 4) is 11.5 Å². The molecule has 2 aromatic carbocycles. The van der Waals surface area contributed by atoms with Crippen LogP contribution < -0.4 is 20.1 Å². The van der Waals surface area contributed by atoms with Crippen LogP contribution >= 0.6 is 0 Å². The van der Waals surface area contributed by atoms with E-state index in [1.54, 1.807) is 31.5 Å². The van der Waals surface area contributed by atoms with Crippen LogP contribution in [0.15, 0.2) is 54.7 Å². The summed E-state index contributed by atoms with van der Waals surface area (Å²) in [7, 11) is 1.62. The van der Waals surface area contributed by atoms with Crippen molar-refractivity contribution < 1.29 is 14.3 Å². The average molecular weight is 312 g/mol. The number of carbonyl (C=O) groups is 1. The summed E-state index contributed by atoms with van der Waals surface area (Å²) in [5, 5.41) is 5.39. The first-order valence-electron chi connectivity index (χ1n) is 7.32. The second kappa shape index (κ2) is 8.48. The van der Waals surface area contributed by atoms with E-state index < -0.39 is 0 Å². The van der Waals surface area contributed by atoms with Crippen LogP contribution in [0.5, 0.6) is 11.5 Å².